The van der Waals surface area contributed by atoms with Gasteiger partial charge in [-0.2, -0.15) is 0 Å². The zero-order valence-electron chi connectivity index (χ0n) is 26.9. The summed E-state index contributed by atoms with van der Waals surface area (Å²) in [6.45, 7) is 0. The summed E-state index contributed by atoms with van der Waals surface area (Å²) in [5.74, 6) is 0.986. The number of benzene rings is 6. The van der Waals surface area contributed by atoms with Crippen LogP contribution in [0.1, 0.15) is 12.8 Å². The second kappa shape index (κ2) is 13.7. The first kappa shape index (κ1) is 29.9. The molecule has 0 bridgehead atoms. The highest BCUT2D eigenvalue weighted by molar-refractivity contribution is 5.89. The summed E-state index contributed by atoms with van der Waals surface area (Å²) >= 11 is 0. The van der Waals surface area contributed by atoms with E-state index >= 15 is 0 Å². The van der Waals surface area contributed by atoms with Crippen LogP contribution in [-0.2, 0) is 0 Å². The van der Waals surface area contributed by atoms with Gasteiger partial charge in [0.1, 0.15) is 0 Å². The molecule has 6 aromatic carbocycles. The summed E-state index contributed by atoms with van der Waals surface area (Å²) in [5, 5.41) is 8.65. The number of allylic oxidation sites excluding steroid dienone is 3. The molecule has 0 aliphatic heterocycles. The van der Waals surface area contributed by atoms with E-state index in [4.69, 9.17) is 4.42 Å². The molecular weight excluding hydrogens is 601 g/mol. The Morgan fingerprint density at radius 1 is 0.429 bits per heavy atom. The molecule has 0 atom stereocenters. The molecule has 5 heteroatoms. The Morgan fingerprint density at radius 3 is 1.53 bits per heavy atom. The first-order valence-electron chi connectivity index (χ1n) is 16.6. The number of anilines is 5. The molecule has 0 spiro atoms. The summed E-state index contributed by atoms with van der Waals surface area (Å²) in [4.78, 5) is 4.64. The third-order valence-corrected chi connectivity index (χ3v) is 8.66. The van der Waals surface area contributed by atoms with Gasteiger partial charge < -0.3 is 14.2 Å². The Labute approximate surface area is 286 Å². The fourth-order valence-corrected chi connectivity index (χ4v) is 6.29. The highest BCUT2D eigenvalue weighted by Crippen LogP contribution is 2.42. The average molecular weight is 635 g/mol. The van der Waals surface area contributed by atoms with Crippen molar-refractivity contribution in [3.8, 4) is 34.0 Å². The minimum Gasteiger partial charge on any atom is -0.416 e. The van der Waals surface area contributed by atoms with E-state index in [0.717, 1.165) is 63.5 Å². The van der Waals surface area contributed by atoms with E-state index in [0.29, 0.717) is 11.8 Å². The van der Waals surface area contributed by atoms with Crippen LogP contribution in [0.4, 0.5) is 28.4 Å². The summed E-state index contributed by atoms with van der Waals surface area (Å²) < 4.78 is 6.07. The Morgan fingerprint density at radius 2 is 0.918 bits per heavy atom. The van der Waals surface area contributed by atoms with E-state index < -0.39 is 0 Å². The number of nitrogens with zero attached hydrogens (tertiary/aromatic N) is 4. The highest BCUT2D eigenvalue weighted by atomic mass is 16.4. The zero-order chi connectivity index (χ0) is 32.8. The van der Waals surface area contributed by atoms with Crippen LogP contribution in [0.15, 0.2) is 192 Å². The molecule has 1 aliphatic rings. The van der Waals surface area contributed by atoms with Crippen LogP contribution in [0.3, 0.4) is 0 Å². The smallest absolute Gasteiger partial charge is 0.248 e. The van der Waals surface area contributed by atoms with Crippen LogP contribution < -0.4 is 9.80 Å². The Bertz CT molecular complexity index is 2210. The predicted octanol–water partition coefficient (Wildman–Crippen LogP) is 11.9. The fraction of sp³-hybridized carbons (Fsp3) is 0.0455. The molecule has 0 saturated carbocycles. The molecule has 1 aliphatic carbocycles. The second-order valence-corrected chi connectivity index (χ2v) is 11.8. The van der Waals surface area contributed by atoms with Crippen molar-refractivity contribution in [1.82, 2.24) is 10.2 Å². The number of hydrogen-bond acceptors (Lipinski definition) is 5. The van der Waals surface area contributed by atoms with Crippen molar-refractivity contribution in [1.29, 1.82) is 0 Å². The molecule has 1 heterocycles. The summed E-state index contributed by atoms with van der Waals surface area (Å²) in [6, 6.07) is 56.6. The normalized spacial score (nSPS) is 12.4. The molecule has 0 saturated heterocycles. The van der Waals surface area contributed by atoms with Gasteiger partial charge in [0, 0.05) is 45.1 Å². The van der Waals surface area contributed by atoms with E-state index in [2.05, 4.69) is 160 Å². The van der Waals surface area contributed by atoms with Gasteiger partial charge in [-0.05, 0) is 103 Å². The number of rotatable bonds is 9. The molecule has 0 fully saturated rings. The number of para-hydroxylation sites is 2. The third-order valence-electron chi connectivity index (χ3n) is 8.66. The lowest BCUT2D eigenvalue weighted by molar-refractivity contribution is 0.584. The Balaban J connectivity index is 1.20. The quantitative estimate of drug-likeness (QED) is 0.158. The van der Waals surface area contributed by atoms with Crippen molar-refractivity contribution in [3.63, 3.8) is 0 Å². The van der Waals surface area contributed by atoms with Crippen molar-refractivity contribution >= 4 is 28.4 Å². The van der Waals surface area contributed by atoms with Crippen molar-refractivity contribution in [3.05, 3.63) is 188 Å². The molecule has 7 aromatic rings. The van der Waals surface area contributed by atoms with Crippen LogP contribution in [0.25, 0.3) is 34.0 Å². The molecule has 236 valence electrons. The molecule has 0 amide bonds. The van der Waals surface area contributed by atoms with Crippen molar-refractivity contribution in [2.75, 3.05) is 9.80 Å². The van der Waals surface area contributed by atoms with E-state index in [-0.39, 0.29) is 0 Å². The van der Waals surface area contributed by atoms with Gasteiger partial charge in [0.2, 0.25) is 11.8 Å². The fourth-order valence-electron chi connectivity index (χ4n) is 6.29. The van der Waals surface area contributed by atoms with Gasteiger partial charge >= 0.3 is 0 Å². The summed E-state index contributed by atoms with van der Waals surface area (Å²) in [7, 11) is 0. The van der Waals surface area contributed by atoms with Crippen LogP contribution >= 0.6 is 0 Å². The van der Waals surface area contributed by atoms with Crippen molar-refractivity contribution in [2.24, 2.45) is 0 Å². The number of aromatic nitrogens is 2. The maximum absolute atomic E-state index is 6.07. The minimum atomic E-state index is 0.484. The molecule has 49 heavy (non-hydrogen) atoms. The molecule has 0 radical (unpaired) electrons. The molecule has 1 aromatic heterocycles. The highest BCUT2D eigenvalue weighted by Gasteiger charge is 2.20. The average Bonchev–Trinajstić information content (AvgIpc) is 3.69. The molecule has 5 nitrogen and oxygen atoms in total. The van der Waals surface area contributed by atoms with Crippen molar-refractivity contribution in [2.45, 2.75) is 12.8 Å². The van der Waals surface area contributed by atoms with Crippen LogP contribution in [-0.4, -0.2) is 10.2 Å². The van der Waals surface area contributed by atoms with Gasteiger partial charge in [0.05, 0.1) is 5.69 Å². The van der Waals surface area contributed by atoms with Gasteiger partial charge in [-0.1, -0.05) is 97.1 Å². The van der Waals surface area contributed by atoms with E-state index in [1.54, 1.807) is 0 Å². The first-order chi connectivity index (χ1) is 24.3. The van der Waals surface area contributed by atoms with Crippen LogP contribution in [0.5, 0.6) is 0 Å². The summed E-state index contributed by atoms with van der Waals surface area (Å²) in [6.07, 6.45) is 8.89. The van der Waals surface area contributed by atoms with E-state index in [1.807, 2.05) is 42.5 Å². The molecule has 0 unspecified atom stereocenters. The zero-order valence-corrected chi connectivity index (χ0v) is 26.9. The maximum Gasteiger partial charge on any atom is 0.248 e. The van der Waals surface area contributed by atoms with Gasteiger partial charge in [-0.15, -0.1) is 10.2 Å². The summed E-state index contributed by atoms with van der Waals surface area (Å²) in [5.41, 5.74) is 10.6. The van der Waals surface area contributed by atoms with Gasteiger partial charge in [0.25, 0.3) is 0 Å². The van der Waals surface area contributed by atoms with Gasteiger partial charge in [0.15, 0.2) is 0 Å². The Hall–Kier alpha value is -6.46. The first-order valence-corrected chi connectivity index (χ1v) is 16.6. The molecule has 8 rings (SSSR count). The monoisotopic (exact) mass is 634 g/mol. The largest absolute Gasteiger partial charge is 0.416 e. The third kappa shape index (κ3) is 6.30. The maximum atomic E-state index is 6.07. The lowest BCUT2D eigenvalue weighted by Gasteiger charge is -2.30. The van der Waals surface area contributed by atoms with Gasteiger partial charge in [-0.3, -0.25) is 0 Å². The van der Waals surface area contributed by atoms with Gasteiger partial charge in [-0.25, -0.2) is 0 Å². The molecule has 0 N–H and O–H groups in total. The number of hydrogen-bond donors (Lipinski definition) is 0. The second-order valence-electron chi connectivity index (χ2n) is 11.8. The van der Waals surface area contributed by atoms with E-state index in [1.165, 1.54) is 5.70 Å². The minimum absolute atomic E-state index is 0.484. The lowest BCUT2D eigenvalue weighted by Crippen LogP contribution is -2.16. The topological polar surface area (TPSA) is 45.4 Å². The molecular formula is C44H34N4O. The lowest BCUT2D eigenvalue weighted by atomic mass is 10.0. The van der Waals surface area contributed by atoms with Crippen LogP contribution in [0.2, 0.25) is 0 Å². The van der Waals surface area contributed by atoms with E-state index in [9.17, 15) is 0 Å². The predicted molar refractivity (Wildman–Crippen MR) is 200 cm³/mol. The standard InChI is InChI=1S/C44H34N4O/c1-5-15-33(16-6-1)41-23-13-14-24-42(41)48(39-27-25-35(26-28-39)44-46-45-43(49-44)34-17-7-2-8-18-34)40-31-29-38(30-32-40)47(36-19-9-3-10-20-36)37-21-11-4-12-22-37/h1-3,5-11,13-32H,4,12H2. The van der Waals surface area contributed by atoms with Crippen LogP contribution in [0, 0.1) is 0 Å². The SMILES string of the molecule is C1=CC(N(c2ccccc2)c2ccc(N(c3ccc(-c4nnc(-c5ccccc5)o4)cc3)c3ccccc3-c3ccccc3)cc2)=CCC1. The Kier molecular flexibility index (Phi) is 8.38. The van der Waals surface area contributed by atoms with Crippen molar-refractivity contribution < 1.29 is 4.42 Å².